The zero-order valence-corrected chi connectivity index (χ0v) is 28.2. The zero-order valence-electron chi connectivity index (χ0n) is 26.6. The number of hydrogen-bond acceptors (Lipinski definition) is 8. The summed E-state index contributed by atoms with van der Waals surface area (Å²) in [5.41, 5.74) is 13.1. The highest BCUT2D eigenvalue weighted by Crippen LogP contribution is 2.19. The molecule has 0 saturated carbocycles. The molecule has 0 aliphatic carbocycles. The molecule has 0 radical (unpaired) electrons. The first-order chi connectivity index (χ1) is 21.3. The van der Waals surface area contributed by atoms with Crippen molar-refractivity contribution >= 4 is 59.0 Å². The Labute approximate surface area is 274 Å². The summed E-state index contributed by atoms with van der Waals surface area (Å²) in [7, 11) is 0. The second-order valence-corrected chi connectivity index (χ2v) is 13.9. The lowest BCUT2D eigenvalue weighted by atomic mass is 9.96. The minimum absolute atomic E-state index is 0.0120. The molecule has 2 bridgehead atoms. The Hall–Kier alpha value is -3.26. The van der Waals surface area contributed by atoms with Gasteiger partial charge in [-0.05, 0) is 35.8 Å². The van der Waals surface area contributed by atoms with E-state index in [2.05, 4.69) is 27.3 Å². The standard InChI is InChI=1S/C31H48N6O6S2/c1-5-19(4)27-31(43)36-24(28(33)40)17-45-16-21-8-6-7-20(14-21)15-44-12-11-26(39)34-22(9-10-25(32)38)29(41)35-23(13-18(2)3)30(42)37-27/h6-8,14,18-19,22-24,27H,5,9-13,15-17H2,1-4H3,(H2,32,38)(H2,33,40)(H,34,39)(H,35,41)(H,36,43)(H,37,42)/t19-,22-,23?,24-,27-/m0/s1. The maximum absolute atomic E-state index is 13.6. The number of fused-ring (bicyclic) bond motifs is 2. The molecule has 12 nitrogen and oxygen atoms in total. The van der Waals surface area contributed by atoms with Gasteiger partial charge in [0.25, 0.3) is 0 Å². The lowest BCUT2D eigenvalue weighted by Gasteiger charge is -2.29. The van der Waals surface area contributed by atoms with E-state index in [-0.39, 0.29) is 49.2 Å². The number of amides is 6. The SMILES string of the molecule is CC[C@H](C)[C@@H]1NC(=O)C(CC(C)C)NC(=O)[C@H](CCC(N)=O)NC(=O)CCSCc2cccc(c2)CSC[C@@H](C(N)=O)NC1=O. The van der Waals surface area contributed by atoms with E-state index in [9.17, 15) is 28.8 Å². The fourth-order valence-electron chi connectivity index (χ4n) is 4.67. The van der Waals surface area contributed by atoms with Crippen molar-refractivity contribution in [3.8, 4) is 0 Å². The summed E-state index contributed by atoms with van der Waals surface area (Å²) < 4.78 is 0. The van der Waals surface area contributed by atoms with Crippen molar-refractivity contribution in [2.75, 3.05) is 11.5 Å². The van der Waals surface area contributed by atoms with Crippen molar-refractivity contribution in [2.24, 2.45) is 23.3 Å². The molecule has 1 aliphatic rings. The van der Waals surface area contributed by atoms with Crippen LogP contribution in [0.5, 0.6) is 0 Å². The fourth-order valence-corrected chi connectivity index (χ4v) is 6.57. The molecule has 14 heteroatoms. The summed E-state index contributed by atoms with van der Waals surface area (Å²) in [6.07, 6.45) is 0.773. The largest absolute Gasteiger partial charge is 0.370 e. The van der Waals surface area contributed by atoms with E-state index in [4.69, 9.17) is 11.5 Å². The Morgan fingerprint density at radius 3 is 2.13 bits per heavy atom. The average Bonchev–Trinajstić information content (AvgIpc) is 2.98. The van der Waals surface area contributed by atoms with E-state index in [1.807, 2.05) is 39.0 Å². The van der Waals surface area contributed by atoms with Gasteiger partial charge in [0.2, 0.25) is 35.4 Å². The predicted octanol–water partition coefficient (Wildman–Crippen LogP) is 1.34. The highest BCUT2D eigenvalue weighted by atomic mass is 32.2. The molecule has 1 aromatic rings. The van der Waals surface area contributed by atoms with Crippen LogP contribution in [0.15, 0.2) is 24.3 Å². The third-order valence-corrected chi connectivity index (χ3v) is 9.55. The molecule has 0 aromatic heterocycles. The monoisotopic (exact) mass is 664 g/mol. The molecule has 1 heterocycles. The van der Waals surface area contributed by atoms with Gasteiger partial charge in [-0.15, -0.1) is 0 Å². The summed E-state index contributed by atoms with van der Waals surface area (Å²) in [6, 6.07) is 3.89. The van der Waals surface area contributed by atoms with E-state index >= 15 is 0 Å². The van der Waals surface area contributed by atoms with Gasteiger partial charge in [0, 0.05) is 35.9 Å². The number of nitrogens with two attached hydrogens (primary N) is 2. The van der Waals surface area contributed by atoms with Crippen molar-refractivity contribution in [3.63, 3.8) is 0 Å². The molecular formula is C31H48N6O6S2. The van der Waals surface area contributed by atoms with Gasteiger partial charge in [-0.3, -0.25) is 28.8 Å². The Bertz CT molecular complexity index is 1200. The van der Waals surface area contributed by atoms with Crippen molar-refractivity contribution in [3.05, 3.63) is 35.4 Å². The van der Waals surface area contributed by atoms with Crippen LogP contribution < -0.4 is 32.7 Å². The Morgan fingerprint density at radius 1 is 0.889 bits per heavy atom. The fraction of sp³-hybridized carbons (Fsp3) is 0.613. The van der Waals surface area contributed by atoms with Crippen molar-refractivity contribution in [2.45, 2.75) is 95.5 Å². The van der Waals surface area contributed by atoms with Gasteiger partial charge >= 0.3 is 0 Å². The summed E-state index contributed by atoms with van der Waals surface area (Å²) in [5, 5.41) is 10.9. The zero-order chi connectivity index (χ0) is 33.5. The van der Waals surface area contributed by atoms with Gasteiger partial charge in [0.05, 0.1) is 0 Å². The van der Waals surface area contributed by atoms with Gasteiger partial charge in [0.15, 0.2) is 0 Å². The van der Waals surface area contributed by atoms with Crippen LogP contribution in [0.2, 0.25) is 0 Å². The number of carbonyl (C=O) groups is 6. The molecule has 0 spiro atoms. The lowest BCUT2D eigenvalue weighted by Crippen LogP contribution is -2.60. The highest BCUT2D eigenvalue weighted by Gasteiger charge is 2.33. The van der Waals surface area contributed by atoms with Gasteiger partial charge in [-0.2, -0.15) is 23.5 Å². The molecule has 1 aromatic carbocycles. The normalized spacial score (nSPS) is 23.8. The van der Waals surface area contributed by atoms with Crippen molar-refractivity contribution in [1.29, 1.82) is 0 Å². The van der Waals surface area contributed by atoms with Crippen LogP contribution in [0.4, 0.5) is 0 Å². The maximum atomic E-state index is 13.6. The molecule has 8 N–H and O–H groups in total. The molecular weight excluding hydrogens is 617 g/mol. The van der Waals surface area contributed by atoms with Crippen LogP contribution in [0.3, 0.4) is 0 Å². The number of thioether (sulfide) groups is 2. The molecule has 1 unspecified atom stereocenters. The third-order valence-electron chi connectivity index (χ3n) is 7.41. The number of rotatable bonds is 8. The quantitative estimate of drug-likeness (QED) is 0.239. The minimum atomic E-state index is -1.09. The Kier molecular flexibility index (Phi) is 16.3. The third kappa shape index (κ3) is 13.7. The van der Waals surface area contributed by atoms with E-state index < -0.39 is 53.7 Å². The highest BCUT2D eigenvalue weighted by molar-refractivity contribution is 7.98. The van der Waals surface area contributed by atoms with Crippen LogP contribution in [-0.4, -0.2) is 71.1 Å². The number of primary amides is 2. The van der Waals surface area contributed by atoms with Gasteiger partial charge < -0.3 is 32.7 Å². The van der Waals surface area contributed by atoms with Gasteiger partial charge in [0.1, 0.15) is 24.2 Å². The van der Waals surface area contributed by atoms with Crippen LogP contribution in [0.1, 0.15) is 70.9 Å². The first-order valence-electron chi connectivity index (χ1n) is 15.3. The molecule has 5 atom stereocenters. The molecule has 2 rings (SSSR count). The van der Waals surface area contributed by atoms with Crippen molar-refractivity contribution in [1.82, 2.24) is 21.3 Å². The number of benzene rings is 1. The molecule has 6 amide bonds. The summed E-state index contributed by atoms with van der Waals surface area (Å²) >= 11 is 3.02. The maximum Gasteiger partial charge on any atom is 0.243 e. The smallest absolute Gasteiger partial charge is 0.243 e. The van der Waals surface area contributed by atoms with E-state index in [0.29, 0.717) is 23.7 Å². The Balaban J connectivity index is 2.40. The summed E-state index contributed by atoms with van der Waals surface area (Å²) in [6.45, 7) is 7.45. The second-order valence-electron chi connectivity index (χ2n) is 11.8. The second kappa shape index (κ2) is 19.3. The number of hydrogen-bond donors (Lipinski definition) is 6. The van der Waals surface area contributed by atoms with E-state index in [1.54, 1.807) is 18.7 Å². The predicted molar refractivity (Wildman–Crippen MR) is 178 cm³/mol. The van der Waals surface area contributed by atoms with Crippen LogP contribution in [0, 0.1) is 11.8 Å². The van der Waals surface area contributed by atoms with Gasteiger partial charge in [-0.25, -0.2) is 0 Å². The van der Waals surface area contributed by atoms with Crippen molar-refractivity contribution < 1.29 is 28.8 Å². The first-order valence-corrected chi connectivity index (χ1v) is 17.6. The summed E-state index contributed by atoms with van der Waals surface area (Å²) in [5.74, 6) is -1.74. The topological polar surface area (TPSA) is 203 Å². The number of carbonyl (C=O) groups excluding carboxylic acids is 6. The molecule has 1 aliphatic heterocycles. The van der Waals surface area contributed by atoms with E-state index in [0.717, 1.165) is 11.1 Å². The van der Waals surface area contributed by atoms with E-state index in [1.165, 1.54) is 11.8 Å². The average molecular weight is 665 g/mol. The molecule has 0 fully saturated rings. The first kappa shape index (κ1) is 37.9. The molecule has 250 valence electrons. The van der Waals surface area contributed by atoms with Crippen LogP contribution in [0.25, 0.3) is 0 Å². The van der Waals surface area contributed by atoms with Crippen LogP contribution >= 0.6 is 23.5 Å². The summed E-state index contributed by atoms with van der Waals surface area (Å²) in [4.78, 5) is 77.1. The Morgan fingerprint density at radius 2 is 1.53 bits per heavy atom. The molecule has 45 heavy (non-hydrogen) atoms. The molecule has 0 saturated heterocycles. The number of nitrogens with one attached hydrogen (secondary N) is 4. The van der Waals surface area contributed by atoms with Crippen LogP contribution in [-0.2, 0) is 40.3 Å². The van der Waals surface area contributed by atoms with Gasteiger partial charge in [-0.1, -0.05) is 58.4 Å². The minimum Gasteiger partial charge on any atom is -0.370 e. The lowest BCUT2D eigenvalue weighted by molar-refractivity contribution is -0.135.